The van der Waals surface area contributed by atoms with E-state index in [1.165, 1.54) is 6.42 Å². The summed E-state index contributed by atoms with van der Waals surface area (Å²) in [7, 11) is 2.12. The molecule has 72 valence electrons. The first kappa shape index (κ1) is 11.4. The van der Waals surface area contributed by atoms with Crippen LogP contribution >= 0.6 is 0 Å². The van der Waals surface area contributed by atoms with Crippen LogP contribution in [-0.4, -0.2) is 30.4 Å². The summed E-state index contributed by atoms with van der Waals surface area (Å²) >= 11 is 0. The summed E-state index contributed by atoms with van der Waals surface area (Å²) in [5.41, 5.74) is 5.25. The van der Waals surface area contributed by atoms with Crippen molar-refractivity contribution in [3.8, 4) is 0 Å². The highest BCUT2D eigenvalue weighted by atomic mass is 15.1. The van der Waals surface area contributed by atoms with Crippen LogP contribution in [0, 0.1) is 5.41 Å². The summed E-state index contributed by atoms with van der Waals surface area (Å²) in [5.74, 6) is 0.299. The highest BCUT2D eigenvalue weighted by Gasteiger charge is 2.05. The minimum absolute atomic E-state index is 0.299. The van der Waals surface area contributed by atoms with Crippen LogP contribution < -0.4 is 5.73 Å². The van der Waals surface area contributed by atoms with Gasteiger partial charge in [-0.25, -0.2) is 0 Å². The average molecular weight is 171 g/mol. The lowest BCUT2D eigenvalue weighted by Crippen LogP contribution is -2.29. The van der Waals surface area contributed by atoms with Crippen LogP contribution in [0.25, 0.3) is 0 Å². The molecule has 0 saturated carbocycles. The number of nitrogens with one attached hydrogen (secondary N) is 1. The van der Waals surface area contributed by atoms with E-state index in [0.29, 0.717) is 11.9 Å². The predicted octanol–water partition coefficient (Wildman–Crippen LogP) is 1.43. The summed E-state index contributed by atoms with van der Waals surface area (Å²) in [5, 5.41) is 7.05. The van der Waals surface area contributed by atoms with E-state index in [-0.39, 0.29) is 0 Å². The molecule has 1 unspecified atom stereocenters. The van der Waals surface area contributed by atoms with Gasteiger partial charge in [-0.15, -0.1) is 0 Å². The maximum Gasteiger partial charge on any atom is 0.0905 e. The Hall–Kier alpha value is -0.570. The van der Waals surface area contributed by atoms with Crippen LogP contribution in [0.2, 0.25) is 0 Å². The van der Waals surface area contributed by atoms with Gasteiger partial charge in [-0.05, 0) is 33.4 Å². The second kappa shape index (κ2) is 6.00. The normalized spacial score (nSPS) is 13.3. The van der Waals surface area contributed by atoms with Crippen molar-refractivity contribution in [1.82, 2.24) is 4.90 Å². The molecule has 0 fully saturated rings. The molecule has 0 rings (SSSR count). The molecule has 1 atom stereocenters. The molecule has 0 bridgehead atoms. The molecule has 0 radical (unpaired) electrons. The molecule has 0 aromatic rings. The van der Waals surface area contributed by atoms with Crippen LogP contribution in [0.5, 0.6) is 0 Å². The lowest BCUT2D eigenvalue weighted by atomic mass is 10.2. The largest absolute Gasteiger partial charge is 0.388 e. The Kier molecular flexibility index (Phi) is 5.72. The highest BCUT2D eigenvalue weighted by Crippen LogP contribution is 2.01. The van der Waals surface area contributed by atoms with Gasteiger partial charge in [0, 0.05) is 12.5 Å². The van der Waals surface area contributed by atoms with Crippen molar-refractivity contribution in [1.29, 1.82) is 5.41 Å². The van der Waals surface area contributed by atoms with E-state index in [4.69, 9.17) is 11.1 Å². The zero-order valence-electron chi connectivity index (χ0n) is 8.43. The van der Waals surface area contributed by atoms with Crippen LogP contribution in [0.15, 0.2) is 0 Å². The topological polar surface area (TPSA) is 53.1 Å². The molecule has 0 spiro atoms. The van der Waals surface area contributed by atoms with Gasteiger partial charge >= 0.3 is 0 Å². The molecule has 0 aliphatic heterocycles. The van der Waals surface area contributed by atoms with Gasteiger partial charge in [0.25, 0.3) is 0 Å². The monoisotopic (exact) mass is 171 g/mol. The molecule has 3 heteroatoms. The zero-order valence-corrected chi connectivity index (χ0v) is 8.43. The maximum atomic E-state index is 7.05. The van der Waals surface area contributed by atoms with Gasteiger partial charge in [-0.2, -0.15) is 0 Å². The molecule has 0 saturated heterocycles. The summed E-state index contributed by atoms with van der Waals surface area (Å²) in [6, 6.07) is 0.636. The van der Waals surface area contributed by atoms with E-state index in [1.54, 1.807) is 0 Å². The van der Waals surface area contributed by atoms with Crippen molar-refractivity contribution in [3.63, 3.8) is 0 Å². The first-order valence-corrected chi connectivity index (χ1v) is 4.61. The Labute approximate surface area is 75.4 Å². The first-order valence-electron chi connectivity index (χ1n) is 4.61. The second-order valence-electron chi connectivity index (χ2n) is 3.37. The van der Waals surface area contributed by atoms with Gasteiger partial charge in [-0.3, -0.25) is 5.41 Å². The van der Waals surface area contributed by atoms with Crippen molar-refractivity contribution in [3.05, 3.63) is 0 Å². The molecule has 0 aliphatic rings. The van der Waals surface area contributed by atoms with Crippen LogP contribution in [-0.2, 0) is 0 Å². The summed E-state index contributed by atoms with van der Waals surface area (Å²) < 4.78 is 0. The molecular weight excluding hydrogens is 150 g/mol. The third-order valence-corrected chi connectivity index (χ3v) is 2.30. The molecule has 3 nitrogen and oxygen atoms in total. The Bertz CT molecular complexity index is 134. The smallest absolute Gasteiger partial charge is 0.0905 e. The van der Waals surface area contributed by atoms with Crippen molar-refractivity contribution in [2.45, 2.75) is 39.2 Å². The van der Waals surface area contributed by atoms with Crippen LogP contribution in [0.1, 0.15) is 33.1 Å². The zero-order chi connectivity index (χ0) is 9.56. The fourth-order valence-electron chi connectivity index (χ4n) is 1.05. The number of hydrogen-bond donors (Lipinski definition) is 2. The highest BCUT2D eigenvalue weighted by molar-refractivity contribution is 5.76. The van der Waals surface area contributed by atoms with Gasteiger partial charge in [0.05, 0.1) is 5.84 Å². The van der Waals surface area contributed by atoms with Crippen molar-refractivity contribution in [2.24, 2.45) is 5.73 Å². The Morgan fingerprint density at radius 3 is 2.58 bits per heavy atom. The third-order valence-electron chi connectivity index (χ3n) is 2.30. The molecule has 0 heterocycles. The number of nitrogens with two attached hydrogens (primary N) is 1. The molecule has 12 heavy (non-hydrogen) atoms. The summed E-state index contributed by atoms with van der Waals surface area (Å²) in [6.07, 6.45) is 2.90. The fourth-order valence-corrected chi connectivity index (χ4v) is 1.05. The second-order valence-corrected chi connectivity index (χ2v) is 3.37. The maximum absolute atomic E-state index is 7.05. The Morgan fingerprint density at radius 1 is 1.58 bits per heavy atom. The molecule has 3 N–H and O–H groups in total. The average Bonchev–Trinajstić information content (AvgIpc) is 2.02. The predicted molar refractivity (Wildman–Crippen MR) is 53.5 cm³/mol. The fraction of sp³-hybridized carbons (Fsp3) is 0.889. The van der Waals surface area contributed by atoms with Crippen molar-refractivity contribution in [2.75, 3.05) is 13.6 Å². The SMILES string of the molecule is CCC(C)N(C)CCCC(=N)N. The third kappa shape index (κ3) is 5.13. The van der Waals surface area contributed by atoms with Gasteiger partial charge in [-0.1, -0.05) is 6.92 Å². The minimum Gasteiger partial charge on any atom is -0.388 e. The van der Waals surface area contributed by atoms with E-state index in [9.17, 15) is 0 Å². The van der Waals surface area contributed by atoms with Crippen molar-refractivity contribution >= 4 is 5.84 Å². The van der Waals surface area contributed by atoms with Gasteiger partial charge in [0.1, 0.15) is 0 Å². The number of rotatable bonds is 6. The lowest BCUT2D eigenvalue weighted by Gasteiger charge is -2.23. The van der Waals surface area contributed by atoms with Crippen LogP contribution in [0.4, 0.5) is 0 Å². The quantitative estimate of drug-likeness (QED) is 0.469. The molecule has 0 aromatic carbocycles. The number of amidine groups is 1. The number of nitrogens with zero attached hydrogens (tertiary/aromatic N) is 1. The molecule has 0 aliphatic carbocycles. The lowest BCUT2D eigenvalue weighted by molar-refractivity contribution is 0.250. The summed E-state index contributed by atoms with van der Waals surface area (Å²) in [4.78, 5) is 2.31. The van der Waals surface area contributed by atoms with E-state index in [0.717, 1.165) is 19.4 Å². The van der Waals surface area contributed by atoms with Gasteiger partial charge in [0.2, 0.25) is 0 Å². The van der Waals surface area contributed by atoms with E-state index < -0.39 is 0 Å². The molecular formula is C9H21N3. The van der Waals surface area contributed by atoms with Crippen LogP contribution in [0.3, 0.4) is 0 Å². The molecule has 0 aromatic heterocycles. The van der Waals surface area contributed by atoms with Gasteiger partial charge < -0.3 is 10.6 Å². The summed E-state index contributed by atoms with van der Waals surface area (Å²) in [6.45, 7) is 5.44. The standard InChI is InChI=1S/C9H21N3/c1-4-8(2)12(3)7-5-6-9(10)11/h8H,4-7H2,1-3H3,(H3,10,11). The Balaban J connectivity index is 3.43. The van der Waals surface area contributed by atoms with E-state index in [2.05, 4.69) is 25.8 Å². The number of hydrogen-bond acceptors (Lipinski definition) is 2. The van der Waals surface area contributed by atoms with Gasteiger partial charge in [0.15, 0.2) is 0 Å². The van der Waals surface area contributed by atoms with E-state index in [1.807, 2.05) is 0 Å². The Morgan fingerprint density at radius 2 is 2.17 bits per heavy atom. The van der Waals surface area contributed by atoms with E-state index >= 15 is 0 Å². The minimum atomic E-state index is 0.299. The first-order chi connectivity index (χ1) is 5.57. The van der Waals surface area contributed by atoms with Crippen molar-refractivity contribution < 1.29 is 0 Å². The molecule has 0 amide bonds.